The number of allylic oxidation sites excluding steroid dienone is 1. The van der Waals surface area contributed by atoms with Crippen molar-refractivity contribution in [3.63, 3.8) is 0 Å². The lowest BCUT2D eigenvalue weighted by molar-refractivity contribution is -0.132. The summed E-state index contributed by atoms with van der Waals surface area (Å²) in [5.41, 5.74) is 1.89. The molecule has 2 aliphatic rings. The molecule has 2 amide bonds. The molecule has 3 rings (SSSR count). The van der Waals surface area contributed by atoms with Gasteiger partial charge in [-0.25, -0.2) is 0 Å². The minimum atomic E-state index is -0.0543. The lowest BCUT2D eigenvalue weighted by Crippen LogP contribution is -2.40. The van der Waals surface area contributed by atoms with Gasteiger partial charge in [0, 0.05) is 31.0 Å². The van der Waals surface area contributed by atoms with Gasteiger partial charge >= 0.3 is 0 Å². The van der Waals surface area contributed by atoms with Gasteiger partial charge in [0.1, 0.15) is 5.75 Å². The molecule has 1 aromatic rings. The van der Waals surface area contributed by atoms with Crippen molar-refractivity contribution in [1.29, 1.82) is 0 Å². The average Bonchev–Trinajstić information content (AvgIpc) is 2.73. The van der Waals surface area contributed by atoms with E-state index in [2.05, 4.69) is 11.4 Å². The molecule has 1 atom stereocenters. The van der Waals surface area contributed by atoms with Crippen LogP contribution in [0.25, 0.3) is 0 Å². The van der Waals surface area contributed by atoms with Gasteiger partial charge in [0.2, 0.25) is 11.8 Å². The standard InChI is InChI=1S/C23H31ClN2O3/c1-29-21-11-10-19(24)15-20(21)25-22(27)12-9-18-8-5-13-26(16-18)23(28)14-17-6-3-2-4-7-17/h6,10-11,15,18H,2-5,7-9,12-14,16H2,1H3,(H,25,27)/t18-/m0/s1. The summed E-state index contributed by atoms with van der Waals surface area (Å²) in [6, 6.07) is 5.16. The van der Waals surface area contributed by atoms with Crippen molar-refractivity contribution < 1.29 is 14.3 Å². The maximum atomic E-state index is 12.7. The largest absolute Gasteiger partial charge is 0.495 e. The number of nitrogens with one attached hydrogen (secondary N) is 1. The summed E-state index contributed by atoms with van der Waals surface area (Å²) in [6.07, 6.45) is 10.7. The average molecular weight is 419 g/mol. The van der Waals surface area contributed by atoms with Gasteiger partial charge in [0.25, 0.3) is 0 Å². The van der Waals surface area contributed by atoms with Crippen LogP contribution in [0, 0.1) is 5.92 Å². The van der Waals surface area contributed by atoms with Gasteiger partial charge in [-0.05, 0) is 69.1 Å². The first-order valence-corrected chi connectivity index (χ1v) is 11.0. The number of hydrogen-bond acceptors (Lipinski definition) is 3. The minimum Gasteiger partial charge on any atom is -0.495 e. The zero-order chi connectivity index (χ0) is 20.6. The van der Waals surface area contributed by atoms with Gasteiger partial charge < -0.3 is 15.0 Å². The highest BCUT2D eigenvalue weighted by atomic mass is 35.5. The second-order valence-corrected chi connectivity index (χ2v) is 8.50. The lowest BCUT2D eigenvalue weighted by atomic mass is 9.92. The first-order valence-electron chi connectivity index (χ1n) is 10.6. The predicted molar refractivity (Wildman–Crippen MR) is 116 cm³/mol. The Bertz CT molecular complexity index is 762. The molecule has 0 spiro atoms. The summed E-state index contributed by atoms with van der Waals surface area (Å²) in [6.45, 7) is 1.61. The Morgan fingerprint density at radius 2 is 2.14 bits per heavy atom. The SMILES string of the molecule is COc1ccc(Cl)cc1NC(=O)CC[C@@H]1CCCN(C(=O)CC2=CCCCC2)C1. The Kier molecular flexibility index (Phi) is 7.99. The fourth-order valence-electron chi connectivity index (χ4n) is 4.22. The van der Waals surface area contributed by atoms with Crippen molar-refractivity contribution >= 4 is 29.1 Å². The summed E-state index contributed by atoms with van der Waals surface area (Å²) in [5, 5.41) is 3.45. The number of hydrogen-bond donors (Lipinski definition) is 1. The summed E-state index contributed by atoms with van der Waals surface area (Å²) in [4.78, 5) is 27.1. The van der Waals surface area contributed by atoms with Crippen LogP contribution in [-0.4, -0.2) is 36.9 Å². The molecule has 1 aliphatic heterocycles. The van der Waals surface area contributed by atoms with Crippen LogP contribution in [0.1, 0.15) is 57.8 Å². The molecule has 1 aliphatic carbocycles. The molecule has 158 valence electrons. The molecule has 1 aromatic carbocycles. The normalized spacial score (nSPS) is 19.4. The number of halogens is 1. The summed E-state index contributed by atoms with van der Waals surface area (Å²) in [7, 11) is 1.57. The molecule has 1 saturated heterocycles. The van der Waals surface area contributed by atoms with E-state index in [0.717, 1.165) is 45.2 Å². The number of likely N-dealkylation sites (tertiary alicyclic amines) is 1. The molecule has 0 saturated carbocycles. The molecule has 1 fully saturated rings. The molecule has 29 heavy (non-hydrogen) atoms. The van der Waals surface area contributed by atoms with E-state index in [1.807, 2.05) is 4.90 Å². The van der Waals surface area contributed by atoms with Crippen molar-refractivity contribution in [1.82, 2.24) is 4.90 Å². The van der Waals surface area contributed by atoms with Gasteiger partial charge in [-0.2, -0.15) is 0 Å². The fraction of sp³-hybridized carbons (Fsp3) is 0.565. The molecule has 5 nitrogen and oxygen atoms in total. The highest BCUT2D eigenvalue weighted by Crippen LogP contribution is 2.29. The maximum absolute atomic E-state index is 12.7. The van der Waals surface area contributed by atoms with E-state index in [4.69, 9.17) is 16.3 Å². The molecule has 0 aromatic heterocycles. The molecule has 0 radical (unpaired) electrons. The summed E-state index contributed by atoms with van der Waals surface area (Å²) in [5.74, 6) is 1.16. The highest BCUT2D eigenvalue weighted by molar-refractivity contribution is 6.31. The molecule has 0 bridgehead atoms. The Balaban J connectivity index is 1.46. The van der Waals surface area contributed by atoms with E-state index >= 15 is 0 Å². The monoisotopic (exact) mass is 418 g/mol. The molecular formula is C23H31ClN2O3. The molecular weight excluding hydrogens is 388 g/mol. The van der Waals surface area contributed by atoms with E-state index < -0.39 is 0 Å². The van der Waals surface area contributed by atoms with Gasteiger partial charge in [0.05, 0.1) is 12.8 Å². The van der Waals surface area contributed by atoms with E-state index in [1.54, 1.807) is 25.3 Å². The predicted octanol–water partition coefficient (Wildman–Crippen LogP) is 5.20. The molecule has 6 heteroatoms. The van der Waals surface area contributed by atoms with Crippen LogP contribution >= 0.6 is 11.6 Å². The summed E-state index contributed by atoms with van der Waals surface area (Å²) >= 11 is 6.02. The topological polar surface area (TPSA) is 58.6 Å². The van der Waals surface area contributed by atoms with E-state index in [0.29, 0.717) is 35.2 Å². The number of rotatable bonds is 7. The first-order chi connectivity index (χ1) is 14.0. The second kappa shape index (κ2) is 10.7. The molecule has 1 N–H and O–H groups in total. The highest BCUT2D eigenvalue weighted by Gasteiger charge is 2.25. The van der Waals surface area contributed by atoms with E-state index in [9.17, 15) is 9.59 Å². The van der Waals surface area contributed by atoms with Crippen LogP contribution in [-0.2, 0) is 9.59 Å². The number of nitrogens with zero attached hydrogens (tertiary/aromatic N) is 1. The van der Waals surface area contributed by atoms with Crippen LogP contribution in [0.4, 0.5) is 5.69 Å². The van der Waals surface area contributed by atoms with Crippen LogP contribution in [0.5, 0.6) is 5.75 Å². The third-order valence-electron chi connectivity index (χ3n) is 5.85. The van der Waals surface area contributed by atoms with Crippen molar-refractivity contribution in [2.45, 2.75) is 57.8 Å². The van der Waals surface area contributed by atoms with Crippen LogP contribution in [0.2, 0.25) is 5.02 Å². The number of benzene rings is 1. The van der Waals surface area contributed by atoms with Crippen molar-refractivity contribution in [3.05, 3.63) is 34.9 Å². The number of methoxy groups -OCH3 is 1. The zero-order valence-corrected chi connectivity index (χ0v) is 18.0. The number of carbonyl (C=O) groups excluding carboxylic acids is 2. The van der Waals surface area contributed by atoms with Gasteiger partial charge in [-0.1, -0.05) is 23.3 Å². The third kappa shape index (κ3) is 6.49. The van der Waals surface area contributed by atoms with Gasteiger partial charge in [-0.3, -0.25) is 9.59 Å². The Morgan fingerprint density at radius 1 is 1.28 bits per heavy atom. The van der Waals surface area contributed by atoms with Gasteiger partial charge in [-0.15, -0.1) is 0 Å². The Hall–Kier alpha value is -2.01. The number of anilines is 1. The van der Waals surface area contributed by atoms with Gasteiger partial charge in [0.15, 0.2) is 0 Å². The van der Waals surface area contributed by atoms with Crippen LogP contribution in [0.3, 0.4) is 0 Å². The summed E-state index contributed by atoms with van der Waals surface area (Å²) < 4.78 is 5.28. The van der Waals surface area contributed by atoms with Crippen LogP contribution < -0.4 is 10.1 Å². The maximum Gasteiger partial charge on any atom is 0.226 e. The number of carbonyl (C=O) groups is 2. The number of piperidine rings is 1. The Labute approximate surface area is 178 Å². The van der Waals surface area contributed by atoms with E-state index in [-0.39, 0.29) is 11.8 Å². The first kappa shape index (κ1) is 21.7. The minimum absolute atomic E-state index is 0.0543. The quantitative estimate of drug-likeness (QED) is 0.619. The number of amides is 2. The van der Waals surface area contributed by atoms with E-state index in [1.165, 1.54) is 18.4 Å². The molecule has 1 heterocycles. The van der Waals surface area contributed by atoms with Crippen molar-refractivity contribution in [2.75, 3.05) is 25.5 Å². The second-order valence-electron chi connectivity index (χ2n) is 8.06. The third-order valence-corrected chi connectivity index (χ3v) is 6.09. The number of ether oxygens (including phenoxy) is 1. The molecule has 0 unspecified atom stereocenters. The Morgan fingerprint density at radius 3 is 2.90 bits per heavy atom. The van der Waals surface area contributed by atoms with Crippen molar-refractivity contribution in [3.8, 4) is 5.75 Å². The smallest absolute Gasteiger partial charge is 0.226 e. The van der Waals surface area contributed by atoms with Crippen molar-refractivity contribution in [2.24, 2.45) is 5.92 Å². The zero-order valence-electron chi connectivity index (χ0n) is 17.2. The van der Waals surface area contributed by atoms with Crippen LogP contribution in [0.15, 0.2) is 29.8 Å². The fourth-order valence-corrected chi connectivity index (χ4v) is 4.40. The lowest BCUT2D eigenvalue weighted by Gasteiger charge is -2.33.